The molecule has 1 aliphatic rings. The van der Waals surface area contributed by atoms with Crippen LogP contribution >= 0.6 is 23.6 Å². The van der Waals surface area contributed by atoms with E-state index in [2.05, 4.69) is 10.2 Å². The average Bonchev–Trinajstić information content (AvgIpc) is 2.91. The average molecular weight is 364 g/mol. The van der Waals surface area contributed by atoms with Gasteiger partial charge in [0.25, 0.3) is 5.91 Å². The first-order valence-corrected chi connectivity index (χ1v) is 9.04. The molecule has 24 heavy (non-hydrogen) atoms. The first kappa shape index (κ1) is 17.1. The second kappa shape index (κ2) is 7.89. The second-order valence-corrected chi connectivity index (χ2v) is 7.11. The summed E-state index contributed by atoms with van der Waals surface area (Å²) >= 11 is 6.61. The van der Waals surface area contributed by atoms with Crippen LogP contribution < -0.4 is 11.1 Å². The molecule has 1 saturated heterocycles. The molecule has 1 aromatic heterocycles. The number of anilines is 1. The number of nitrogens with one attached hydrogen (secondary N) is 1. The Hall–Kier alpha value is -1.74. The number of nitrogen functional groups attached to an aromatic ring is 1. The minimum absolute atomic E-state index is 0.174. The molecule has 0 bridgehead atoms. The third-order valence-electron chi connectivity index (χ3n) is 3.88. The van der Waals surface area contributed by atoms with E-state index >= 15 is 0 Å². The Balaban J connectivity index is 1.66. The number of nitrogens with zero attached hydrogens (tertiary/aromatic N) is 2. The van der Waals surface area contributed by atoms with Crippen molar-refractivity contribution >= 4 is 35.3 Å². The highest BCUT2D eigenvalue weighted by Gasteiger charge is 2.18. The van der Waals surface area contributed by atoms with Crippen LogP contribution in [0.15, 0.2) is 30.3 Å². The van der Waals surface area contributed by atoms with E-state index in [0.717, 1.165) is 38.5 Å². The maximum absolute atomic E-state index is 12.4. The standard InChI is InChI=1S/C16H20N4O2S2/c17-14-13(15(21)18-6-7-19-8-10-22-11-9-19)24-16(23)20(14)12-4-2-1-3-5-12/h1-5H,6-11,17H2,(H,18,21). The lowest BCUT2D eigenvalue weighted by molar-refractivity contribution is 0.0383. The molecule has 0 atom stereocenters. The minimum atomic E-state index is -0.174. The van der Waals surface area contributed by atoms with Gasteiger partial charge in [0.15, 0.2) is 3.95 Å². The van der Waals surface area contributed by atoms with Crippen LogP contribution in [0.2, 0.25) is 0 Å². The fourth-order valence-electron chi connectivity index (χ4n) is 2.60. The van der Waals surface area contributed by atoms with Gasteiger partial charge in [-0.05, 0) is 24.4 Å². The smallest absolute Gasteiger partial charge is 0.265 e. The van der Waals surface area contributed by atoms with Gasteiger partial charge < -0.3 is 15.8 Å². The largest absolute Gasteiger partial charge is 0.383 e. The van der Waals surface area contributed by atoms with Crippen molar-refractivity contribution in [2.24, 2.45) is 0 Å². The van der Waals surface area contributed by atoms with Crippen LogP contribution in [0.25, 0.3) is 5.69 Å². The Labute approximate surface area is 149 Å². The summed E-state index contributed by atoms with van der Waals surface area (Å²) in [7, 11) is 0. The molecule has 0 unspecified atom stereocenters. The molecule has 0 aliphatic carbocycles. The van der Waals surface area contributed by atoms with Crippen molar-refractivity contribution in [3.63, 3.8) is 0 Å². The van der Waals surface area contributed by atoms with E-state index in [0.29, 0.717) is 21.2 Å². The predicted molar refractivity (Wildman–Crippen MR) is 98.5 cm³/mol. The van der Waals surface area contributed by atoms with Crippen molar-refractivity contribution in [3.8, 4) is 5.69 Å². The number of nitrogens with two attached hydrogens (primary N) is 1. The number of benzene rings is 1. The van der Waals surface area contributed by atoms with Gasteiger partial charge in [0.05, 0.1) is 13.2 Å². The number of hydrogen-bond donors (Lipinski definition) is 2. The number of carbonyl (C=O) groups is 1. The SMILES string of the molecule is Nc1c(C(=O)NCCN2CCOCC2)sc(=S)n1-c1ccccc1. The zero-order valence-electron chi connectivity index (χ0n) is 13.2. The Kier molecular flexibility index (Phi) is 5.62. The maximum atomic E-state index is 12.4. The highest BCUT2D eigenvalue weighted by Crippen LogP contribution is 2.25. The number of morpholine rings is 1. The van der Waals surface area contributed by atoms with Crippen LogP contribution in [-0.4, -0.2) is 54.8 Å². The molecule has 0 radical (unpaired) electrons. The van der Waals surface area contributed by atoms with Crippen molar-refractivity contribution in [2.75, 3.05) is 45.1 Å². The summed E-state index contributed by atoms with van der Waals surface area (Å²) < 4.78 is 7.61. The third kappa shape index (κ3) is 3.84. The molecule has 128 valence electrons. The topological polar surface area (TPSA) is 72.5 Å². The molecule has 8 heteroatoms. The quantitative estimate of drug-likeness (QED) is 0.793. The van der Waals surface area contributed by atoms with Gasteiger partial charge in [0, 0.05) is 31.9 Å². The van der Waals surface area contributed by atoms with Crippen LogP contribution in [-0.2, 0) is 4.74 Å². The van der Waals surface area contributed by atoms with Crippen LogP contribution in [0.5, 0.6) is 0 Å². The first-order chi connectivity index (χ1) is 11.7. The number of para-hydroxylation sites is 1. The molecule has 2 heterocycles. The lowest BCUT2D eigenvalue weighted by atomic mass is 10.3. The van der Waals surface area contributed by atoms with E-state index < -0.39 is 0 Å². The molecule has 3 rings (SSSR count). The molecular formula is C16H20N4O2S2. The lowest BCUT2D eigenvalue weighted by Crippen LogP contribution is -2.41. The van der Waals surface area contributed by atoms with Crippen LogP contribution in [0.4, 0.5) is 5.82 Å². The van der Waals surface area contributed by atoms with E-state index in [-0.39, 0.29) is 5.91 Å². The highest BCUT2D eigenvalue weighted by molar-refractivity contribution is 7.73. The van der Waals surface area contributed by atoms with E-state index in [9.17, 15) is 4.79 Å². The molecule has 1 aliphatic heterocycles. The Morgan fingerprint density at radius 3 is 2.71 bits per heavy atom. The van der Waals surface area contributed by atoms with Crippen molar-refractivity contribution in [2.45, 2.75) is 0 Å². The van der Waals surface area contributed by atoms with Gasteiger partial charge in [-0.1, -0.05) is 29.5 Å². The summed E-state index contributed by atoms with van der Waals surface area (Å²) in [6.45, 7) is 4.70. The van der Waals surface area contributed by atoms with Gasteiger partial charge in [0.2, 0.25) is 0 Å². The van der Waals surface area contributed by atoms with E-state index in [1.54, 1.807) is 4.57 Å². The van der Waals surface area contributed by atoms with Crippen LogP contribution in [0.3, 0.4) is 0 Å². The Morgan fingerprint density at radius 2 is 2.00 bits per heavy atom. The Bertz CT molecular complexity index is 751. The molecule has 1 amide bonds. The number of rotatable bonds is 5. The molecule has 2 aromatic rings. The number of hydrogen-bond acceptors (Lipinski definition) is 6. The normalized spacial score (nSPS) is 15.3. The summed E-state index contributed by atoms with van der Waals surface area (Å²) in [6.07, 6.45) is 0. The minimum Gasteiger partial charge on any atom is -0.383 e. The van der Waals surface area contributed by atoms with Gasteiger partial charge in [-0.25, -0.2) is 0 Å². The van der Waals surface area contributed by atoms with Gasteiger partial charge >= 0.3 is 0 Å². The summed E-state index contributed by atoms with van der Waals surface area (Å²) in [5.41, 5.74) is 7.04. The summed E-state index contributed by atoms with van der Waals surface area (Å²) in [6, 6.07) is 9.58. The van der Waals surface area contributed by atoms with Gasteiger partial charge in [0.1, 0.15) is 10.7 Å². The van der Waals surface area contributed by atoms with Gasteiger partial charge in [-0.3, -0.25) is 14.3 Å². The van der Waals surface area contributed by atoms with Crippen LogP contribution in [0, 0.1) is 3.95 Å². The number of amides is 1. The molecular weight excluding hydrogens is 344 g/mol. The molecule has 0 spiro atoms. The lowest BCUT2D eigenvalue weighted by Gasteiger charge is -2.26. The van der Waals surface area contributed by atoms with Crippen molar-refractivity contribution < 1.29 is 9.53 Å². The van der Waals surface area contributed by atoms with E-state index in [1.165, 1.54) is 11.3 Å². The van der Waals surface area contributed by atoms with E-state index in [4.69, 9.17) is 22.7 Å². The van der Waals surface area contributed by atoms with Gasteiger partial charge in [-0.2, -0.15) is 0 Å². The predicted octanol–water partition coefficient (Wildman–Crippen LogP) is 1.91. The highest BCUT2D eigenvalue weighted by atomic mass is 32.1. The third-order valence-corrected chi connectivity index (χ3v) is 5.27. The summed E-state index contributed by atoms with van der Waals surface area (Å²) in [5.74, 6) is 0.214. The zero-order valence-corrected chi connectivity index (χ0v) is 14.9. The summed E-state index contributed by atoms with van der Waals surface area (Å²) in [5, 5.41) is 2.93. The molecule has 1 fully saturated rings. The fraction of sp³-hybridized carbons (Fsp3) is 0.375. The van der Waals surface area contributed by atoms with E-state index in [1.807, 2.05) is 30.3 Å². The van der Waals surface area contributed by atoms with Crippen molar-refractivity contribution in [1.29, 1.82) is 0 Å². The number of thiazole rings is 1. The first-order valence-electron chi connectivity index (χ1n) is 7.82. The molecule has 3 N–H and O–H groups in total. The number of carbonyl (C=O) groups excluding carboxylic acids is 1. The Morgan fingerprint density at radius 1 is 1.29 bits per heavy atom. The van der Waals surface area contributed by atoms with Gasteiger partial charge in [-0.15, -0.1) is 0 Å². The monoisotopic (exact) mass is 364 g/mol. The second-order valence-electron chi connectivity index (χ2n) is 5.46. The van der Waals surface area contributed by atoms with Crippen molar-refractivity contribution in [1.82, 2.24) is 14.8 Å². The number of aromatic nitrogens is 1. The molecule has 0 saturated carbocycles. The zero-order chi connectivity index (χ0) is 16.9. The van der Waals surface area contributed by atoms with Crippen molar-refractivity contribution in [3.05, 3.63) is 39.2 Å². The van der Waals surface area contributed by atoms with Crippen LogP contribution in [0.1, 0.15) is 9.67 Å². The fourth-order valence-corrected chi connectivity index (χ4v) is 3.89. The summed E-state index contributed by atoms with van der Waals surface area (Å²) in [4.78, 5) is 15.2. The maximum Gasteiger partial charge on any atom is 0.265 e. The molecule has 6 nitrogen and oxygen atoms in total. The number of ether oxygens (including phenoxy) is 1. The molecule has 1 aromatic carbocycles.